The van der Waals surface area contributed by atoms with Crippen molar-refractivity contribution in [3.63, 3.8) is 0 Å². The number of rotatable bonds is 7. The van der Waals surface area contributed by atoms with Gasteiger partial charge in [0.05, 0.1) is 6.61 Å². The van der Waals surface area contributed by atoms with Crippen molar-refractivity contribution < 1.29 is 14.3 Å². The van der Waals surface area contributed by atoms with Crippen LogP contribution in [0.15, 0.2) is 30.8 Å². The lowest BCUT2D eigenvalue weighted by molar-refractivity contribution is -0.145. The molecule has 0 fully saturated rings. The number of esters is 1. The van der Waals surface area contributed by atoms with Gasteiger partial charge in [-0.05, 0) is 24.5 Å². The molecule has 0 aliphatic carbocycles. The second kappa shape index (κ2) is 7.43. The van der Waals surface area contributed by atoms with Crippen molar-refractivity contribution in [2.75, 3.05) is 6.61 Å². The lowest BCUT2D eigenvalue weighted by atomic mass is 10.0. The third-order valence-electron chi connectivity index (χ3n) is 2.55. The number of hydrogen-bond donors (Lipinski definition) is 0. The van der Waals surface area contributed by atoms with E-state index in [-0.39, 0.29) is 12.2 Å². The molecule has 0 atom stereocenters. The Balaban J connectivity index is 2.37. The highest BCUT2D eigenvalue weighted by molar-refractivity contribution is 5.95. The molecule has 3 nitrogen and oxygen atoms in total. The third kappa shape index (κ3) is 4.95. The van der Waals surface area contributed by atoms with Crippen molar-refractivity contribution >= 4 is 17.8 Å². The Kier molecular flexibility index (Phi) is 5.85. The Bertz CT molecular complexity index is 418. The van der Waals surface area contributed by atoms with E-state index in [9.17, 15) is 9.59 Å². The number of aryl methyl sites for hydroxylation is 1. The Labute approximate surface area is 107 Å². The molecule has 96 valence electrons. The summed E-state index contributed by atoms with van der Waals surface area (Å²) < 4.78 is 4.72. The van der Waals surface area contributed by atoms with E-state index < -0.39 is 5.97 Å². The first-order valence-corrected chi connectivity index (χ1v) is 6.04. The van der Waals surface area contributed by atoms with Gasteiger partial charge in [0, 0.05) is 6.42 Å². The maximum absolute atomic E-state index is 11.5. The molecule has 3 heteroatoms. The Hall–Kier alpha value is -1.90. The summed E-state index contributed by atoms with van der Waals surface area (Å²) in [4.78, 5) is 22.6. The van der Waals surface area contributed by atoms with Gasteiger partial charge in [0.2, 0.25) is 0 Å². The summed E-state index contributed by atoms with van der Waals surface area (Å²) in [6, 6.07) is 7.85. The van der Waals surface area contributed by atoms with E-state index >= 15 is 0 Å². The number of benzene rings is 1. The van der Waals surface area contributed by atoms with Crippen molar-refractivity contribution in [3.8, 4) is 0 Å². The van der Waals surface area contributed by atoms with E-state index in [1.807, 2.05) is 24.3 Å². The zero-order chi connectivity index (χ0) is 13.4. The maximum Gasteiger partial charge on any atom is 0.313 e. The summed E-state index contributed by atoms with van der Waals surface area (Å²) in [5.74, 6) is -0.522. The summed E-state index contributed by atoms with van der Waals surface area (Å²) in [6.07, 6.45) is 2.66. The van der Waals surface area contributed by atoms with E-state index in [0.717, 1.165) is 11.1 Å². The quantitative estimate of drug-likeness (QED) is 0.549. The van der Waals surface area contributed by atoms with Gasteiger partial charge in [-0.2, -0.15) is 0 Å². The van der Waals surface area contributed by atoms with E-state index in [2.05, 4.69) is 6.58 Å². The molecular weight excluding hydrogens is 228 g/mol. The molecule has 18 heavy (non-hydrogen) atoms. The number of carbonyl (C=O) groups excluding carboxylic acids is 2. The van der Waals surface area contributed by atoms with Crippen LogP contribution in [0, 0.1) is 0 Å². The summed E-state index contributed by atoms with van der Waals surface area (Å²) in [7, 11) is 0. The second-order valence-corrected chi connectivity index (χ2v) is 3.97. The molecule has 0 N–H and O–H groups in total. The minimum absolute atomic E-state index is 0.0822. The van der Waals surface area contributed by atoms with Crippen molar-refractivity contribution in [3.05, 3.63) is 42.0 Å². The molecule has 0 aliphatic rings. The molecule has 1 aromatic rings. The molecule has 0 saturated carbocycles. The summed E-state index contributed by atoms with van der Waals surface area (Å²) in [5.41, 5.74) is 2.13. The lowest BCUT2D eigenvalue weighted by Gasteiger charge is -2.02. The predicted molar refractivity (Wildman–Crippen MR) is 71.1 cm³/mol. The SMILES string of the molecule is C=Cc1ccc(CCC(=O)CC(=O)OCC)cc1. The van der Waals surface area contributed by atoms with E-state index in [4.69, 9.17) is 4.74 Å². The number of hydrogen-bond acceptors (Lipinski definition) is 3. The van der Waals surface area contributed by atoms with Crippen molar-refractivity contribution in [2.24, 2.45) is 0 Å². The molecule has 0 amide bonds. The van der Waals surface area contributed by atoms with Crippen LogP contribution in [0.1, 0.15) is 30.9 Å². The van der Waals surface area contributed by atoms with Crippen LogP contribution in [0.4, 0.5) is 0 Å². The van der Waals surface area contributed by atoms with Crippen LogP contribution in [-0.2, 0) is 20.7 Å². The largest absolute Gasteiger partial charge is 0.466 e. The smallest absolute Gasteiger partial charge is 0.313 e. The molecule has 0 aliphatic heterocycles. The van der Waals surface area contributed by atoms with Crippen LogP contribution in [0.3, 0.4) is 0 Å². The first kappa shape index (κ1) is 14.2. The minimum atomic E-state index is -0.440. The van der Waals surface area contributed by atoms with Gasteiger partial charge < -0.3 is 4.74 Å². The molecule has 0 unspecified atom stereocenters. The van der Waals surface area contributed by atoms with E-state index in [0.29, 0.717) is 19.4 Å². The molecule has 0 spiro atoms. The van der Waals surface area contributed by atoms with Crippen LogP contribution < -0.4 is 0 Å². The zero-order valence-corrected chi connectivity index (χ0v) is 10.6. The van der Waals surface area contributed by atoms with E-state index in [1.54, 1.807) is 13.0 Å². The van der Waals surface area contributed by atoms with Crippen LogP contribution in [-0.4, -0.2) is 18.4 Å². The molecule has 0 heterocycles. The Morgan fingerprint density at radius 2 is 1.94 bits per heavy atom. The van der Waals surface area contributed by atoms with Crippen molar-refractivity contribution in [2.45, 2.75) is 26.2 Å². The molecule has 1 aromatic carbocycles. The van der Waals surface area contributed by atoms with Gasteiger partial charge in [-0.3, -0.25) is 9.59 Å². The Morgan fingerprint density at radius 3 is 2.50 bits per heavy atom. The van der Waals surface area contributed by atoms with Crippen molar-refractivity contribution in [1.29, 1.82) is 0 Å². The minimum Gasteiger partial charge on any atom is -0.466 e. The average molecular weight is 246 g/mol. The molecule has 0 bridgehead atoms. The number of ketones is 1. The standard InChI is InChI=1S/C15H18O3/c1-3-12-5-7-13(8-6-12)9-10-14(16)11-15(17)18-4-2/h3,5-8H,1,4,9-11H2,2H3. The molecule has 0 radical (unpaired) electrons. The van der Waals surface area contributed by atoms with Gasteiger partial charge in [0.1, 0.15) is 12.2 Å². The van der Waals surface area contributed by atoms with Crippen LogP contribution in [0.5, 0.6) is 0 Å². The molecule has 1 rings (SSSR count). The van der Waals surface area contributed by atoms with E-state index in [1.165, 1.54) is 0 Å². The van der Waals surface area contributed by atoms with Gasteiger partial charge in [0.25, 0.3) is 0 Å². The fourth-order valence-electron chi connectivity index (χ4n) is 1.57. The fraction of sp³-hybridized carbons (Fsp3) is 0.333. The molecule has 0 aromatic heterocycles. The van der Waals surface area contributed by atoms with Gasteiger partial charge in [0.15, 0.2) is 0 Å². The number of ether oxygens (including phenoxy) is 1. The monoisotopic (exact) mass is 246 g/mol. The molecule has 0 saturated heterocycles. The zero-order valence-electron chi connectivity index (χ0n) is 10.6. The summed E-state index contributed by atoms with van der Waals surface area (Å²) >= 11 is 0. The summed E-state index contributed by atoms with van der Waals surface area (Å²) in [5, 5.41) is 0. The van der Waals surface area contributed by atoms with Crippen LogP contribution >= 0.6 is 0 Å². The highest BCUT2D eigenvalue weighted by Gasteiger charge is 2.10. The highest BCUT2D eigenvalue weighted by atomic mass is 16.5. The highest BCUT2D eigenvalue weighted by Crippen LogP contribution is 2.08. The average Bonchev–Trinajstić information content (AvgIpc) is 2.37. The number of carbonyl (C=O) groups is 2. The van der Waals surface area contributed by atoms with Crippen molar-refractivity contribution in [1.82, 2.24) is 0 Å². The van der Waals surface area contributed by atoms with Gasteiger partial charge >= 0.3 is 5.97 Å². The first-order chi connectivity index (χ1) is 8.65. The normalized spacial score (nSPS) is 9.83. The number of Topliss-reactive ketones (excluding diaryl/α,β-unsaturated/α-hetero) is 1. The summed E-state index contributed by atoms with van der Waals surface area (Å²) in [6.45, 7) is 5.72. The Morgan fingerprint density at radius 1 is 1.28 bits per heavy atom. The van der Waals surface area contributed by atoms with Crippen LogP contribution in [0.25, 0.3) is 6.08 Å². The van der Waals surface area contributed by atoms with Gasteiger partial charge in [-0.25, -0.2) is 0 Å². The maximum atomic E-state index is 11.5. The van der Waals surface area contributed by atoms with Gasteiger partial charge in [-0.15, -0.1) is 0 Å². The lowest BCUT2D eigenvalue weighted by Crippen LogP contribution is -2.11. The second-order valence-electron chi connectivity index (χ2n) is 3.97. The molecular formula is C15H18O3. The first-order valence-electron chi connectivity index (χ1n) is 6.04. The van der Waals surface area contributed by atoms with Crippen LogP contribution in [0.2, 0.25) is 0 Å². The fourth-order valence-corrected chi connectivity index (χ4v) is 1.57. The topological polar surface area (TPSA) is 43.4 Å². The predicted octanol–water partition coefficient (Wildman–Crippen LogP) is 2.78. The third-order valence-corrected chi connectivity index (χ3v) is 2.55. The van der Waals surface area contributed by atoms with Gasteiger partial charge in [-0.1, -0.05) is 36.9 Å².